The number of anilines is 1. The van der Waals surface area contributed by atoms with Gasteiger partial charge in [0.25, 0.3) is 0 Å². The summed E-state index contributed by atoms with van der Waals surface area (Å²) in [6, 6.07) is 6.31. The molecular weight excluding hydrogens is 296 g/mol. The van der Waals surface area contributed by atoms with Crippen LogP contribution in [0, 0.1) is 0 Å². The third-order valence-corrected chi connectivity index (χ3v) is 3.72. The van der Waals surface area contributed by atoms with E-state index in [0.717, 1.165) is 18.4 Å². The standard InChI is InChI=1S/C17H20N2O4/c1-12(20)18-14-8-5-13(6-9-14)7-10-16(21)19-11-3-2-4-15(19)17(22)23/h5-10,15H,2-4,11H2,1H3,(H,18,20)(H,22,23). The normalized spacial score (nSPS) is 18.0. The fourth-order valence-electron chi connectivity index (χ4n) is 2.60. The number of hydrogen-bond acceptors (Lipinski definition) is 3. The summed E-state index contributed by atoms with van der Waals surface area (Å²) in [6.07, 6.45) is 5.20. The molecule has 1 aromatic carbocycles. The van der Waals surface area contributed by atoms with E-state index in [1.165, 1.54) is 17.9 Å². The zero-order chi connectivity index (χ0) is 16.8. The van der Waals surface area contributed by atoms with Crippen molar-refractivity contribution in [3.63, 3.8) is 0 Å². The molecule has 1 aromatic rings. The van der Waals surface area contributed by atoms with Gasteiger partial charge in [-0.25, -0.2) is 4.79 Å². The number of carbonyl (C=O) groups is 3. The van der Waals surface area contributed by atoms with Gasteiger partial charge in [0.05, 0.1) is 0 Å². The van der Waals surface area contributed by atoms with Crippen LogP contribution in [0.2, 0.25) is 0 Å². The highest BCUT2D eigenvalue weighted by Crippen LogP contribution is 2.18. The Balaban J connectivity index is 2.02. The second kappa shape index (κ2) is 7.58. The van der Waals surface area contributed by atoms with Gasteiger partial charge >= 0.3 is 5.97 Å². The number of rotatable bonds is 4. The van der Waals surface area contributed by atoms with E-state index in [9.17, 15) is 19.5 Å². The van der Waals surface area contributed by atoms with Gasteiger partial charge < -0.3 is 15.3 Å². The monoisotopic (exact) mass is 316 g/mol. The fourth-order valence-corrected chi connectivity index (χ4v) is 2.60. The van der Waals surface area contributed by atoms with Crippen molar-refractivity contribution in [2.45, 2.75) is 32.2 Å². The van der Waals surface area contributed by atoms with Crippen LogP contribution in [0.5, 0.6) is 0 Å². The number of carbonyl (C=O) groups excluding carboxylic acids is 2. The number of hydrogen-bond donors (Lipinski definition) is 2. The van der Waals surface area contributed by atoms with Crippen LogP contribution < -0.4 is 5.32 Å². The first kappa shape index (κ1) is 16.7. The molecule has 23 heavy (non-hydrogen) atoms. The highest BCUT2D eigenvalue weighted by Gasteiger charge is 2.30. The molecule has 1 fully saturated rings. The van der Waals surface area contributed by atoms with E-state index in [0.29, 0.717) is 18.7 Å². The summed E-state index contributed by atoms with van der Waals surface area (Å²) in [5.41, 5.74) is 1.49. The largest absolute Gasteiger partial charge is 0.480 e. The molecule has 1 aliphatic rings. The van der Waals surface area contributed by atoms with Crippen molar-refractivity contribution in [1.82, 2.24) is 4.90 Å². The molecule has 2 amide bonds. The van der Waals surface area contributed by atoms with E-state index in [1.807, 2.05) is 0 Å². The summed E-state index contributed by atoms with van der Waals surface area (Å²) in [5, 5.41) is 11.9. The van der Waals surface area contributed by atoms with Gasteiger partial charge in [0, 0.05) is 25.2 Å². The highest BCUT2D eigenvalue weighted by molar-refractivity contribution is 5.94. The molecule has 0 aromatic heterocycles. The number of benzene rings is 1. The summed E-state index contributed by atoms with van der Waals surface area (Å²) in [4.78, 5) is 35.8. The molecular formula is C17H20N2O4. The molecule has 6 nitrogen and oxygen atoms in total. The Morgan fingerprint density at radius 3 is 2.52 bits per heavy atom. The van der Waals surface area contributed by atoms with E-state index in [2.05, 4.69) is 5.32 Å². The minimum Gasteiger partial charge on any atom is -0.480 e. The van der Waals surface area contributed by atoms with Crippen LogP contribution in [0.4, 0.5) is 5.69 Å². The van der Waals surface area contributed by atoms with E-state index < -0.39 is 12.0 Å². The van der Waals surface area contributed by atoms with Crippen LogP contribution in [0.15, 0.2) is 30.3 Å². The van der Waals surface area contributed by atoms with Gasteiger partial charge in [0.1, 0.15) is 6.04 Å². The number of carboxylic acid groups (broad SMARTS) is 1. The molecule has 1 heterocycles. The third kappa shape index (κ3) is 4.67. The zero-order valence-corrected chi connectivity index (χ0v) is 13.0. The quantitative estimate of drug-likeness (QED) is 0.833. The Bertz CT molecular complexity index is 622. The van der Waals surface area contributed by atoms with Crippen molar-refractivity contribution in [3.8, 4) is 0 Å². The van der Waals surface area contributed by atoms with Crippen molar-refractivity contribution >= 4 is 29.5 Å². The van der Waals surface area contributed by atoms with Crippen LogP contribution in [-0.4, -0.2) is 40.4 Å². The maximum atomic E-state index is 12.2. The van der Waals surface area contributed by atoms with E-state index >= 15 is 0 Å². The first-order chi connectivity index (χ1) is 11.0. The summed E-state index contributed by atoms with van der Waals surface area (Å²) in [5.74, 6) is -1.39. The molecule has 1 aliphatic heterocycles. The third-order valence-electron chi connectivity index (χ3n) is 3.72. The van der Waals surface area contributed by atoms with Crippen LogP contribution in [0.1, 0.15) is 31.7 Å². The molecule has 1 saturated heterocycles. The number of aliphatic carboxylic acids is 1. The first-order valence-electron chi connectivity index (χ1n) is 7.56. The van der Waals surface area contributed by atoms with Crippen molar-refractivity contribution in [1.29, 1.82) is 0 Å². The average molecular weight is 316 g/mol. The van der Waals surface area contributed by atoms with Gasteiger partial charge in [-0.1, -0.05) is 12.1 Å². The molecule has 2 N–H and O–H groups in total. The van der Waals surface area contributed by atoms with Gasteiger partial charge in [0.15, 0.2) is 0 Å². The van der Waals surface area contributed by atoms with E-state index in [-0.39, 0.29) is 11.8 Å². The minimum atomic E-state index is -0.953. The molecule has 0 aliphatic carbocycles. The van der Waals surface area contributed by atoms with Crippen LogP contribution in [0.3, 0.4) is 0 Å². The average Bonchev–Trinajstić information content (AvgIpc) is 2.53. The maximum Gasteiger partial charge on any atom is 0.326 e. The summed E-state index contributed by atoms with van der Waals surface area (Å²) in [6.45, 7) is 1.91. The molecule has 122 valence electrons. The molecule has 0 radical (unpaired) electrons. The SMILES string of the molecule is CC(=O)Nc1ccc(C=CC(=O)N2CCCCC2C(=O)O)cc1. The molecule has 1 atom stereocenters. The number of piperidine rings is 1. The van der Waals surface area contributed by atoms with Gasteiger partial charge in [0.2, 0.25) is 11.8 Å². The number of amides is 2. The van der Waals surface area contributed by atoms with E-state index in [4.69, 9.17) is 0 Å². The van der Waals surface area contributed by atoms with Gasteiger partial charge in [-0.15, -0.1) is 0 Å². The maximum absolute atomic E-state index is 12.2. The Kier molecular flexibility index (Phi) is 5.51. The smallest absolute Gasteiger partial charge is 0.326 e. The number of nitrogens with zero attached hydrogens (tertiary/aromatic N) is 1. The van der Waals surface area contributed by atoms with Crippen molar-refractivity contribution in [3.05, 3.63) is 35.9 Å². The predicted molar refractivity (Wildman–Crippen MR) is 86.8 cm³/mol. The van der Waals surface area contributed by atoms with E-state index in [1.54, 1.807) is 30.3 Å². The van der Waals surface area contributed by atoms with Gasteiger partial charge in [-0.3, -0.25) is 9.59 Å². The molecule has 0 bridgehead atoms. The van der Waals surface area contributed by atoms with Gasteiger partial charge in [-0.05, 0) is 43.0 Å². The molecule has 1 unspecified atom stereocenters. The van der Waals surface area contributed by atoms with Crippen LogP contribution in [0.25, 0.3) is 6.08 Å². The Hall–Kier alpha value is -2.63. The first-order valence-corrected chi connectivity index (χ1v) is 7.56. The number of likely N-dealkylation sites (tertiary alicyclic amines) is 1. The Morgan fingerprint density at radius 2 is 1.91 bits per heavy atom. The second-order valence-corrected chi connectivity index (χ2v) is 5.52. The molecule has 0 spiro atoms. The molecule has 6 heteroatoms. The highest BCUT2D eigenvalue weighted by atomic mass is 16.4. The van der Waals surface area contributed by atoms with Crippen molar-refractivity contribution < 1.29 is 19.5 Å². The predicted octanol–water partition coefficient (Wildman–Crippen LogP) is 2.12. The van der Waals surface area contributed by atoms with Crippen LogP contribution >= 0.6 is 0 Å². The van der Waals surface area contributed by atoms with Crippen molar-refractivity contribution in [2.24, 2.45) is 0 Å². The molecule has 2 rings (SSSR count). The Labute approximate surface area is 134 Å². The lowest BCUT2D eigenvalue weighted by atomic mass is 10.0. The minimum absolute atomic E-state index is 0.145. The second-order valence-electron chi connectivity index (χ2n) is 5.52. The fraction of sp³-hybridized carbons (Fsp3) is 0.353. The lowest BCUT2D eigenvalue weighted by Crippen LogP contribution is -2.47. The lowest BCUT2D eigenvalue weighted by Gasteiger charge is -2.32. The molecule has 0 saturated carbocycles. The lowest BCUT2D eigenvalue weighted by molar-refractivity contribution is -0.150. The summed E-state index contributed by atoms with van der Waals surface area (Å²) < 4.78 is 0. The Morgan fingerprint density at radius 1 is 1.22 bits per heavy atom. The topological polar surface area (TPSA) is 86.7 Å². The van der Waals surface area contributed by atoms with Gasteiger partial charge in [-0.2, -0.15) is 0 Å². The zero-order valence-electron chi connectivity index (χ0n) is 13.0. The summed E-state index contributed by atoms with van der Waals surface area (Å²) in [7, 11) is 0. The van der Waals surface area contributed by atoms with Crippen molar-refractivity contribution in [2.75, 3.05) is 11.9 Å². The number of carboxylic acids is 1. The number of nitrogens with one attached hydrogen (secondary N) is 1. The van der Waals surface area contributed by atoms with Crippen LogP contribution in [-0.2, 0) is 14.4 Å². The summed E-state index contributed by atoms with van der Waals surface area (Å²) >= 11 is 0.